The minimum atomic E-state index is 0. The van der Waals surface area contributed by atoms with Crippen LogP contribution in [-0.2, 0) is 13.0 Å². The molecule has 0 saturated carbocycles. The Morgan fingerprint density at radius 3 is 2.07 bits per heavy atom. The highest BCUT2D eigenvalue weighted by Gasteiger charge is 1.95. The highest BCUT2D eigenvalue weighted by atomic mass is 35.5. The van der Waals surface area contributed by atoms with Crippen molar-refractivity contribution in [3.8, 4) is 0 Å². The molecule has 1 aromatic carbocycles. The van der Waals surface area contributed by atoms with Gasteiger partial charge in [0.05, 0.1) is 0 Å². The lowest BCUT2D eigenvalue weighted by molar-refractivity contribution is 0.552. The molecule has 1 aromatic rings. The predicted molar refractivity (Wildman–Crippen MR) is 69.6 cm³/mol. The van der Waals surface area contributed by atoms with Crippen molar-refractivity contribution in [2.24, 2.45) is 5.92 Å². The number of hydrogen-bond acceptors (Lipinski definition) is 1. The van der Waals surface area contributed by atoms with Crippen molar-refractivity contribution in [3.63, 3.8) is 0 Å². The molecule has 0 aromatic heterocycles. The molecular formula is C13H22ClN. The van der Waals surface area contributed by atoms with Crippen LogP contribution in [0.3, 0.4) is 0 Å². The van der Waals surface area contributed by atoms with Crippen molar-refractivity contribution in [2.45, 2.75) is 33.7 Å². The summed E-state index contributed by atoms with van der Waals surface area (Å²) in [5, 5.41) is 3.44. The van der Waals surface area contributed by atoms with Crippen molar-refractivity contribution in [2.75, 3.05) is 6.54 Å². The Bertz CT molecular complexity index is 254. The molecule has 0 aliphatic rings. The highest BCUT2D eigenvalue weighted by Crippen LogP contribution is 2.04. The maximum Gasteiger partial charge on any atom is 0.0205 e. The molecule has 0 atom stereocenters. The molecule has 0 spiro atoms. The number of halogens is 1. The van der Waals surface area contributed by atoms with E-state index < -0.39 is 0 Å². The molecule has 1 rings (SSSR count). The molecule has 0 aliphatic heterocycles. The summed E-state index contributed by atoms with van der Waals surface area (Å²) in [6.45, 7) is 8.73. The monoisotopic (exact) mass is 227 g/mol. The molecule has 1 nitrogen and oxygen atoms in total. The van der Waals surface area contributed by atoms with Crippen molar-refractivity contribution >= 4 is 12.4 Å². The van der Waals surface area contributed by atoms with Crippen molar-refractivity contribution < 1.29 is 0 Å². The Balaban J connectivity index is 0.00000196. The van der Waals surface area contributed by atoms with Crippen LogP contribution in [-0.4, -0.2) is 6.54 Å². The van der Waals surface area contributed by atoms with Gasteiger partial charge in [-0.2, -0.15) is 0 Å². The predicted octanol–water partition coefficient (Wildman–Crippen LogP) is 3.42. The number of benzene rings is 1. The van der Waals surface area contributed by atoms with E-state index in [2.05, 4.69) is 50.4 Å². The van der Waals surface area contributed by atoms with Crippen LogP contribution in [0, 0.1) is 5.92 Å². The van der Waals surface area contributed by atoms with Gasteiger partial charge in [0.15, 0.2) is 0 Å². The second-order valence-electron chi connectivity index (χ2n) is 4.19. The van der Waals surface area contributed by atoms with E-state index in [0.717, 1.165) is 25.4 Å². The molecule has 86 valence electrons. The van der Waals surface area contributed by atoms with Gasteiger partial charge in [0.25, 0.3) is 0 Å². The van der Waals surface area contributed by atoms with Gasteiger partial charge in [0.1, 0.15) is 0 Å². The van der Waals surface area contributed by atoms with Crippen LogP contribution in [0.4, 0.5) is 0 Å². The first-order valence-corrected chi connectivity index (χ1v) is 5.51. The Hall–Kier alpha value is -0.530. The fourth-order valence-electron chi connectivity index (χ4n) is 1.40. The van der Waals surface area contributed by atoms with Crippen LogP contribution < -0.4 is 5.32 Å². The lowest BCUT2D eigenvalue weighted by atomic mass is 10.1. The summed E-state index contributed by atoms with van der Waals surface area (Å²) in [6.07, 6.45) is 1.12. The van der Waals surface area contributed by atoms with Gasteiger partial charge < -0.3 is 5.32 Å². The molecule has 0 aliphatic carbocycles. The molecule has 0 amide bonds. The van der Waals surface area contributed by atoms with Gasteiger partial charge in [-0.15, -0.1) is 12.4 Å². The molecule has 0 saturated heterocycles. The van der Waals surface area contributed by atoms with Crippen LogP contribution in [0.1, 0.15) is 31.9 Å². The Morgan fingerprint density at radius 1 is 1.07 bits per heavy atom. The number of aryl methyl sites for hydroxylation is 1. The summed E-state index contributed by atoms with van der Waals surface area (Å²) in [7, 11) is 0. The van der Waals surface area contributed by atoms with E-state index in [-0.39, 0.29) is 12.4 Å². The minimum Gasteiger partial charge on any atom is -0.312 e. The van der Waals surface area contributed by atoms with Gasteiger partial charge in [-0.25, -0.2) is 0 Å². The van der Waals surface area contributed by atoms with E-state index in [4.69, 9.17) is 0 Å². The van der Waals surface area contributed by atoms with Crippen LogP contribution >= 0.6 is 12.4 Å². The van der Waals surface area contributed by atoms with Crippen molar-refractivity contribution in [1.29, 1.82) is 0 Å². The summed E-state index contributed by atoms with van der Waals surface area (Å²) in [6, 6.07) is 8.86. The van der Waals surface area contributed by atoms with Crippen LogP contribution in [0.15, 0.2) is 24.3 Å². The first-order valence-electron chi connectivity index (χ1n) is 5.51. The molecule has 15 heavy (non-hydrogen) atoms. The molecular weight excluding hydrogens is 206 g/mol. The standard InChI is InChI=1S/C13H21N.ClH/c1-4-12-5-7-13(8-6-12)10-14-9-11(2)3;/h5-8,11,14H,4,9-10H2,1-3H3;1H. The summed E-state index contributed by atoms with van der Waals surface area (Å²) >= 11 is 0. The maximum atomic E-state index is 3.44. The van der Waals surface area contributed by atoms with Crippen molar-refractivity contribution in [1.82, 2.24) is 5.32 Å². The minimum absolute atomic E-state index is 0. The van der Waals surface area contributed by atoms with E-state index in [1.807, 2.05) is 0 Å². The molecule has 0 heterocycles. The van der Waals surface area contributed by atoms with Gasteiger partial charge >= 0.3 is 0 Å². The largest absolute Gasteiger partial charge is 0.312 e. The van der Waals surface area contributed by atoms with E-state index in [1.165, 1.54) is 11.1 Å². The zero-order valence-corrected chi connectivity index (χ0v) is 10.7. The molecule has 0 radical (unpaired) electrons. The lowest BCUT2D eigenvalue weighted by Crippen LogP contribution is -2.18. The van der Waals surface area contributed by atoms with Crippen molar-refractivity contribution in [3.05, 3.63) is 35.4 Å². The number of hydrogen-bond donors (Lipinski definition) is 1. The Morgan fingerprint density at radius 2 is 1.60 bits per heavy atom. The maximum absolute atomic E-state index is 3.44. The lowest BCUT2D eigenvalue weighted by Gasteiger charge is -2.07. The van der Waals surface area contributed by atoms with Gasteiger partial charge in [0.2, 0.25) is 0 Å². The highest BCUT2D eigenvalue weighted by molar-refractivity contribution is 5.85. The SMILES string of the molecule is CCc1ccc(CNCC(C)C)cc1.Cl. The molecule has 2 heteroatoms. The zero-order valence-electron chi connectivity index (χ0n) is 9.92. The van der Waals surface area contributed by atoms with E-state index in [1.54, 1.807) is 0 Å². The summed E-state index contributed by atoms with van der Waals surface area (Å²) in [5.41, 5.74) is 2.79. The summed E-state index contributed by atoms with van der Waals surface area (Å²) < 4.78 is 0. The number of nitrogens with one attached hydrogen (secondary N) is 1. The molecule has 1 N–H and O–H groups in total. The fourth-order valence-corrected chi connectivity index (χ4v) is 1.40. The summed E-state index contributed by atoms with van der Waals surface area (Å²) in [5.74, 6) is 0.727. The topological polar surface area (TPSA) is 12.0 Å². The van der Waals surface area contributed by atoms with E-state index >= 15 is 0 Å². The first-order chi connectivity index (χ1) is 6.72. The van der Waals surface area contributed by atoms with Crippen LogP contribution in [0.25, 0.3) is 0 Å². The third-order valence-electron chi connectivity index (χ3n) is 2.31. The molecule has 0 fully saturated rings. The van der Waals surface area contributed by atoms with Gasteiger partial charge in [-0.3, -0.25) is 0 Å². The van der Waals surface area contributed by atoms with Crippen LogP contribution in [0.2, 0.25) is 0 Å². The first kappa shape index (κ1) is 14.5. The third-order valence-corrected chi connectivity index (χ3v) is 2.31. The second-order valence-corrected chi connectivity index (χ2v) is 4.19. The summed E-state index contributed by atoms with van der Waals surface area (Å²) in [4.78, 5) is 0. The third kappa shape index (κ3) is 5.81. The second kappa shape index (κ2) is 7.72. The quantitative estimate of drug-likeness (QED) is 0.813. The van der Waals surface area contributed by atoms with Crippen LogP contribution in [0.5, 0.6) is 0 Å². The molecule has 0 bridgehead atoms. The zero-order chi connectivity index (χ0) is 10.4. The average Bonchev–Trinajstić information content (AvgIpc) is 2.18. The number of rotatable bonds is 5. The Labute approximate surface area is 99.7 Å². The van der Waals surface area contributed by atoms with E-state index in [9.17, 15) is 0 Å². The smallest absolute Gasteiger partial charge is 0.0205 e. The molecule has 0 unspecified atom stereocenters. The van der Waals surface area contributed by atoms with Gasteiger partial charge in [-0.05, 0) is 30.0 Å². The fraction of sp³-hybridized carbons (Fsp3) is 0.538. The van der Waals surface area contributed by atoms with Gasteiger partial charge in [-0.1, -0.05) is 45.0 Å². The Kier molecular flexibility index (Phi) is 7.45. The van der Waals surface area contributed by atoms with E-state index in [0.29, 0.717) is 0 Å². The van der Waals surface area contributed by atoms with Gasteiger partial charge in [0, 0.05) is 6.54 Å². The average molecular weight is 228 g/mol. The normalized spacial score (nSPS) is 10.1.